The lowest BCUT2D eigenvalue weighted by Crippen LogP contribution is -2.13. The van der Waals surface area contributed by atoms with Gasteiger partial charge in [-0.1, -0.05) is 39.0 Å². The molecule has 0 aromatic heterocycles. The average Bonchev–Trinajstić information content (AvgIpc) is 2.30. The van der Waals surface area contributed by atoms with Gasteiger partial charge in [0.2, 0.25) is 0 Å². The lowest BCUT2D eigenvalue weighted by Gasteiger charge is -2.25. The van der Waals surface area contributed by atoms with E-state index in [2.05, 4.69) is 63.0 Å². The monoisotopic (exact) mass is 217 g/mol. The van der Waals surface area contributed by atoms with Gasteiger partial charge in [0.25, 0.3) is 0 Å². The predicted molar refractivity (Wildman–Crippen MR) is 72.9 cm³/mol. The zero-order valence-corrected chi connectivity index (χ0v) is 10.8. The molecule has 0 amide bonds. The van der Waals surface area contributed by atoms with Gasteiger partial charge in [0.1, 0.15) is 0 Å². The largest absolute Gasteiger partial charge is 0.388 e. The van der Waals surface area contributed by atoms with Gasteiger partial charge in [-0.05, 0) is 29.5 Å². The van der Waals surface area contributed by atoms with Gasteiger partial charge in [-0.3, -0.25) is 0 Å². The van der Waals surface area contributed by atoms with Crippen molar-refractivity contribution in [2.45, 2.75) is 26.7 Å². The van der Waals surface area contributed by atoms with Crippen LogP contribution in [0.15, 0.2) is 36.9 Å². The Labute approximate surface area is 99.6 Å². The Morgan fingerprint density at radius 2 is 1.94 bits per heavy atom. The van der Waals surface area contributed by atoms with E-state index in [0.29, 0.717) is 17.8 Å². The second-order valence-electron chi connectivity index (χ2n) is 4.74. The molecule has 0 saturated heterocycles. The van der Waals surface area contributed by atoms with Gasteiger partial charge in [-0.25, -0.2) is 0 Å². The third-order valence-electron chi connectivity index (χ3n) is 3.43. The second kappa shape index (κ2) is 5.74. The van der Waals surface area contributed by atoms with E-state index in [0.717, 1.165) is 0 Å². The van der Waals surface area contributed by atoms with Crippen LogP contribution in [0, 0.1) is 11.8 Å². The van der Waals surface area contributed by atoms with Crippen molar-refractivity contribution >= 4 is 5.69 Å². The van der Waals surface area contributed by atoms with Crippen LogP contribution in [0.1, 0.15) is 32.3 Å². The maximum atomic E-state index is 3.98. The lowest BCUT2D eigenvalue weighted by molar-refractivity contribution is 0.384. The molecule has 0 bridgehead atoms. The molecule has 0 radical (unpaired) electrons. The summed E-state index contributed by atoms with van der Waals surface area (Å²) in [6, 6.07) is 8.59. The van der Waals surface area contributed by atoms with Gasteiger partial charge in [0.15, 0.2) is 0 Å². The Morgan fingerprint density at radius 3 is 2.44 bits per heavy atom. The molecule has 2 atom stereocenters. The number of rotatable bonds is 5. The number of benzene rings is 1. The Kier molecular flexibility index (Phi) is 4.60. The molecule has 1 rings (SSSR count). The Hall–Kier alpha value is -1.24. The molecular formula is C15H23N. The van der Waals surface area contributed by atoms with Crippen LogP contribution in [0.3, 0.4) is 0 Å². The molecule has 0 saturated carbocycles. The summed E-state index contributed by atoms with van der Waals surface area (Å²) in [4.78, 5) is 0. The minimum atomic E-state index is 0.438. The van der Waals surface area contributed by atoms with Gasteiger partial charge in [-0.2, -0.15) is 0 Å². The summed E-state index contributed by atoms with van der Waals surface area (Å²) in [7, 11) is 1.95. The van der Waals surface area contributed by atoms with E-state index in [-0.39, 0.29) is 0 Å². The standard InChI is InChI=1S/C15H23N/c1-6-15(12(4)11(2)3)13-8-7-9-14(10-13)16-5/h6-12,15-16H,1H2,2-5H3. The van der Waals surface area contributed by atoms with Crippen molar-refractivity contribution in [2.24, 2.45) is 11.8 Å². The number of anilines is 1. The fourth-order valence-corrected chi connectivity index (χ4v) is 1.97. The summed E-state index contributed by atoms with van der Waals surface area (Å²) in [5.74, 6) is 1.72. The molecule has 0 fully saturated rings. The summed E-state index contributed by atoms with van der Waals surface area (Å²) >= 11 is 0. The van der Waals surface area contributed by atoms with Crippen LogP contribution in [0.4, 0.5) is 5.69 Å². The van der Waals surface area contributed by atoms with Crippen LogP contribution in [0.2, 0.25) is 0 Å². The Balaban J connectivity index is 2.98. The first-order valence-corrected chi connectivity index (χ1v) is 6.00. The van der Waals surface area contributed by atoms with Crippen molar-refractivity contribution in [2.75, 3.05) is 12.4 Å². The first-order chi connectivity index (χ1) is 7.60. The summed E-state index contributed by atoms with van der Waals surface area (Å²) in [5, 5.41) is 3.18. The maximum absolute atomic E-state index is 3.98. The van der Waals surface area contributed by atoms with Gasteiger partial charge in [-0.15, -0.1) is 6.58 Å². The third kappa shape index (κ3) is 2.88. The molecule has 0 spiro atoms. The zero-order chi connectivity index (χ0) is 12.1. The topological polar surface area (TPSA) is 12.0 Å². The van der Waals surface area contributed by atoms with Gasteiger partial charge < -0.3 is 5.32 Å². The molecule has 0 heterocycles. The van der Waals surface area contributed by atoms with E-state index in [9.17, 15) is 0 Å². The second-order valence-corrected chi connectivity index (χ2v) is 4.74. The number of hydrogen-bond donors (Lipinski definition) is 1. The Bertz CT molecular complexity index is 341. The summed E-state index contributed by atoms with van der Waals surface area (Å²) in [6.45, 7) is 10.8. The van der Waals surface area contributed by atoms with Crippen LogP contribution < -0.4 is 5.32 Å². The molecule has 0 aliphatic rings. The van der Waals surface area contributed by atoms with Crippen molar-refractivity contribution in [3.63, 3.8) is 0 Å². The van der Waals surface area contributed by atoms with E-state index >= 15 is 0 Å². The molecule has 88 valence electrons. The number of hydrogen-bond acceptors (Lipinski definition) is 1. The van der Waals surface area contributed by atoms with Gasteiger partial charge in [0, 0.05) is 18.7 Å². The fourth-order valence-electron chi connectivity index (χ4n) is 1.97. The van der Waals surface area contributed by atoms with Crippen LogP contribution in [0.25, 0.3) is 0 Å². The highest BCUT2D eigenvalue weighted by molar-refractivity contribution is 5.46. The third-order valence-corrected chi connectivity index (χ3v) is 3.43. The first-order valence-electron chi connectivity index (χ1n) is 6.00. The molecular weight excluding hydrogens is 194 g/mol. The fraction of sp³-hybridized carbons (Fsp3) is 0.467. The van der Waals surface area contributed by atoms with E-state index < -0.39 is 0 Å². The maximum Gasteiger partial charge on any atom is 0.0340 e. The van der Waals surface area contributed by atoms with Crippen LogP contribution in [-0.4, -0.2) is 7.05 Å². The molecule has 0 aliphatic heterocycles. The van der Waals surface area contributed by atoms with Crippen LogP contribution >= 0.6 is 0 Å². The zero-order valence-electron chi connectivity index (χ0n) is 10.8. The molecule has 1 nitrogen and oxygen atoms in total. The Morgan fingerprint density at radius 1 is 1.25 bits per heavy atom. The van der Waals surface area contributed by atoms with Crippen molar-refractivity contribution in [3.05, 3.63) is 42.5 Å². The normalized spacial score (nSPS) is 14.6. The first kappa shape index (κ1) is 12.8. The van der Waals surface area contributed by atoms with Crippen LogP contribution in [0.5, 0.6) is 0 Å². The molecule has 1 aromatic carbocycles. The number of allylic oxidation sites excluding steroid dienone is 1. The van der Waals surface area contributed by atoms with E-state index in [4.69, 9.17) is 0 Å². The minimum Gasteiger partial charge on any atom is -0.388 e. The van der Waals surface area contributed by atoms with Crippen molar-refractivity contribution in [1.29, 1.82) is 0 Å². The average molecular weight is 217 g/mol. The number of nitrogens with one attached hydrogen (secondary N) is 1. The molecule has 2 unspecified atom stereocenters. The molecule has 0 aliphatic carbocycles. The highest BCUT2D eigenvalue weighted by atomic mass is 14.8. The minimum absolute atomic E-state index is 0.438. The van der Waals surface area contributed by atoms with Gasteiger partial charge >= 0.3 is 0 Å². The van der Waals surface area contributed by atoms with E-state index in [1.165, 1.54) is 11.3 Å². The SMILES string of the molecule is C=CC(c1cccc(NC)c1)C(C)C(C)C. The predicted octanol–water partition coefficient (Wildman–Crippen LogP) is 4.29. The highest BCUT2D eigenvalue weighted by Crippen LogP contribution is 2.31. The molecule has 1 aromatic rings. The summed E-state index contributed by atoms with van der Waals surface area (Å²) < 4.78 is 0. The van der Waals surface area contributed by atoms with Crippen molar-refractivity contribution in [3.8, 4) is 0 Å². The highest BCUT2D eigenvalue weighted by Gasteiger charge is 2.19. The smallest absolute Gasteiger partial charge is 0.0340 e. The quantitative estimate of drug-likeness (QED) is 0.725. The van der Waals surface area contributed by atoms with Gasteiger partial charge in [0.05, 0.1) is 0 Å². The van der Waals surface area contributed by atoms with E-state index in [1.54, 1.807) is 0 Å². The molecule has 1 N–H and O–H groups in total. The van der Waals surface area contributed by atoms with Crippen LogP contribution in [-0.2, 0) is 0 Å². The molecule has 1 heteroatoms. The van der Waals surface area contributed by atoms with Crippen molar-refractivity contribution in [1.82, 2.24) is 0 Å². The summed E-state index contributed by atoms with van der Waals surface area (Å²) in [6.07, 6.45) is 2.07. The lowest BCUT2D eigenvalue weighted by atomic mass is 9.80. The summed E-state index contributed by atoms with van der Waals surface area (Å²) in [5.41, 5.74) is 2.52. The van der Waals surface area contributed by atoms with E-state index in [1.807, 2.05) is 7.05 Å². The molecule has 16 heavy (non-hydrogen) atoms. The van der Waals surface area contributed by atoms with Crippen molar-refractivity contribution < 1.29 is 0 Å².